The third-order valence-corrected chi connectivity index (χ3v) is 6.40. The lowest BCUT2D eigenvalue weighted by Gasteiger charge is -2.36. The Kier molecular flexibility index (Phi) is 6.43. The highest BCUT2D eigenvalue weighted by atomic mass is 16.5. The van der Waals surface area contributed by atoms with E-state index in [4.69, 9.17) is 4.74 Å². The van der Waals surface area contributed by atoms with Crippen LogP contribution in [0.3, 0.4) is 0 Å². The highest BCUT2D eigenvalue weighted by molar-refractivity contribution is 6.09. The number of imide groups is 1. The zero-order valence-electron chi connectivity index (χ0n) is 17.7. The second-order valence-electron chi connectivity index (χ2n) is 8.19. The number of ether oxygens (including phenoxy) is 1. The monoisotopic (exact) mass is 415 g/mol. The van der Waals surface area contributed by atoms with Crippen molar-refractivity contribution in [2.75, 3.05) is 20.2 Å². The zero-order chi connectivity index (χ0) is 21.9. The Balaban J connectivity index is 1.53. The van der Waals surface area contributed by atoms with Crippen molar-refractivity contribution in [3.63, 3.8) is 0 Å². The minimum absolute atomic E-state index is 0.0124. The number of benzene rings is 1. The second kappa shape index (κ2) is 8.85. The van der Waals surface area contributed by atoms with E-state index in [1.807, 2.05) is 44.2 Å². The first-order chi connectivity index (χ1) is 14.3. The Labute approximate surface area is 176 Å². The van der Waals surface area contributed by atoms with Crippen molar-refractivity contribution >= 4 is 23.8 Å². The number of rotatable bonds is 6. The zero-order valence-corrected chi connectivity index (χ0v) is 17.7. The molecule has 2 fully saturated rings. The van der Waals surface area contributed by atoms with Crippen molar-refractivity contribution in [3.8, 4) is 0 Å². The van der Waals surface area contributed by atoms with Crippen molar-refractivity contribution < 1.29 is 23.9 Å². The molecule has 30 heavy (non-hydrogen) atoms. The molecule has 0 bridgehead atoms. The lowest BCUT2D eigenvalue weighted by molar-refractivity contribution is -0.154. The fourth-order valence-electron chi connectivity index (χ4n) is 4.23. The maximum Gasteiger partial charge on any atom is 0.326 e. The molecule has 4 amide bonds. The van der Waals surface area contributed by atoms with E-state index in [1.54, 1.807) is 7.05 Å². The number of urea groups is 1. The molecule has 3 rings (SSSR count). The van der Waals surface area contributed by atoms with E-state index in [0.29, 0.717) is 6.42 Å². The van der Waals surface area contributed by atoms with Gasteiger partial charge >= 0.3 is 12.0 Å². The molecule has 0 unspecified atom stereocenters. The van der Waals surface area contributed by atoms with Crippen LogP contribution in [0.25, 0.3) is 0 Å². The van der Waals surface area contributed by atoms with Gasteiger partial charge in [0, 0.05) is 7.05 Å². The van der Waals surface area contributed by atoms with Crippen LogP contribution < -0.4 is 5.32 Å². The smallest absolute Gasteiger partial charge is 0.326 e. The fourth-order valence-corrected chi connectivity index (χ4v) is 4.23. The molecule has 0 radical (unpaired) electrons. The van der Waals surface area contributed by atoms with Crippen LogP contribution >= 0.6 is 0 Å². The van der Waals surface area contributed by atoms with Crippen molar-refractivity contribution in [2.24, 2.45) is 5.92 Å². The molecular weight excluding hydrogens is 386 g/mol. The lowest BCUT2D eigenvalue weighted by Crippen LogP contribution is -2.54. The standard InChI is InChI=1S/C22H29N3O5/c1-15-9-7-8-12-22(15)20(28)25(21(29)23-22)13-19(27)30-14-18(26)24(3)16(2)17-10-5-4-6-11-17/h4-6,10-11,15-16H,7-9,12-14H2,1-3H3,(H,23,29)/t15-,16+,22-/m1/s1. The first kappa shape index (κ1) is 21.8. The first-order valence-electron chi connectivity index (χ1n) is 10.4. The number of carbonyl (C=O) groups is 4. The summed E-state index contributed by atoms with van der Waals surface area (Å²) in [6.07, 6.45) is 3.30. The van der Waals surface area contributed by atoms with Gasteiger partial charge in [-0.2, -0.15) is 0 Å². The summed E-state index contributed by atoms with van der Waals surface area (Å²) in [5.74, 6) is -1.52. The normalized spacial score (nSPS) is 24.5. The van der Waals surface area contributed by atoms with E-state index in [-0.39, 0.29) is 23.8 Å². The molecule has 3 atom stereocenters. The van der Waals surface area contributed by atoms with Crippen molar-refractivity contribution in [2.45, 2.75) is 51.1 Å². The van der Waals surface area contributed by atoms with Gasteiger partial charge in [0.2, 0.25) is 0 Å². The molecule has 1 saturated heterocycles. The van der Waals surface area contributed by atoms with Crippen LogP contribution in [-0.2, 0) is 19.1 Å². The van der Waals surface area contributed by atoms with Crippen LogP contribution in [0.4, 0.5) is 4.79 Å². The van der Waals surface area contributed by atoms with Gasteiger partial charge < -0.3 is 15.0 Å². The number of hydrogen-bond acceptors (Lipinski definition) is 5. The van der Waals surface area contributed by atoms with Gasteiger partial charge in [-0.15, -0.1) is 0 Å². The third-order valence-electron chi connectivity index (χ3n) is 6.40. The van der Waals surface area contributed by atoms with E-state index >= 15 is 0 Å². The van der Waals surface area contributed by atoms with Gasteiger partial charge in [-0.25, -0.2) is 4.79 Å². The molecular formula is C22H29N3O5. The minimum atomic E-state index is -0.920. The SMILES string of the molecule is C[C@@H]1CCCC[C@@]12NC(=O)N(CC(=O)OCC(=O)N(C)[C@@H](C)c1ccccc1)C2=O. The van der Waals surface area contributed by atoms with Crippen molar-refractivity contribution in [1.82, 2.24) is 15.1 Å². The van der Waals surface area contributed by atoms with Gasteiger partial charge in [0.25, 0.3) is 11.8 Å². The predicted molar refractivity (Wildman–Crippen MR) is 109 cm³/mol. The summed E-state index contributed by atoms with van der Waals surface area (Å²) >= 11 is 0. The lowest BCUT2D eigenvalue weighted by atomic mass is 9.73. The number of carbonyl (C=O) groups excluding carboxylic acids is 4. The van der Waals surface area contributed by atoms with E-state index < -0.39 is 30.7 Å². The summed E-state index contributed by atoms with van der Waals surface area (Å²) in [6, 6.07) is 8.75. The van der Waals surface area contributed by atoms with Crippen LogP contribution in [0.15, 0.2) is 30.3 Å². The van der Waals surface area contributed by atoms with Crippen LogP contribution in [0, 0.1) is 5.92 Å². The number of esters is 1. The van der Waals surface area contributed by atoms with Gasteiger partial charge in [0.1, 0.15) is 12.1 Å². The molecule has 1 aromatic rings. The Morgan fingerprint density at radius 1 is 1.27 bits per heavy atom. The second-order valence-corrected chi connectivity index (χ2v) is 8.19. The number of hydrogen-bond donors (Lipinski definition) is 1. The molecule has 1 heterocycles. The number of nitrogens with zero attached hydrogens (tertiary/aromatic N) is 2. The van der Waals surface area contributed by atoms with Gasteiger partial charge in [-0.3, -0.25) is 19.3 Å². The molecule has 8 nitrogen and oxygen atoms in total. The number of nitrogens with one attached hydrogen (secondary N) is 1. The van der Waals surface area contributed by atoms with Crippen molar-refractivity contribution in [1.29, 1.82) is 0 Å². The molecule has 0 aromatic heterocycles. The molecule has 1 spiro atoms. The Hall–Kier alpha value is -2.90. The molecule has 1 aliphatic heterocycles. The number of likely N-dealkylation sites (N-methyl/N-ethyl adjacent to an activating group) is 1. The third kappa shape index (κ3) is 4.17. The maximum atomic E-state index is 12.9. The average molecular weight is 415 g/mol. The molecule has 2 aliphatic rings. The Bertz CT molecular complexity index is 827. The van der Waals surface area contributed by atoms with Gasteiger partial charge in [-0.05, 0) is 31.2 Å². The van der Waals surface area contributed by atoms with Gasteiger partial charge in [0.15, 0.2) is 6.61 Å². The molecule has 1 aromatic carbocycles. The van der Waals surface area contributed by atoms with Crippen LogP contribution in [0.5, 0.6) is 0 Å². The van der Waals surface area contributed by atoms with Crippen LogP contribution in [-0.4, -0.2) is 59.4 Å². The molecule has 8 heteroatoms. The van der Waals surface area contributed by atoms with Crippen molar-refractivity contribution in [3.05, 3.63) is 35.9 Å². The largest absolute Gasteiger partial charge is 0.454 e. The molecule has 1 aliphatic carbocycles. The molecule has 1 N–H and O–H groups in total. The highest BCUT2D eigenvalue weighted by Crippen LogP contribution is 2.38. The average Bonchev–Trinajstić information content (AvgIpc) is 2.98. The van der Waals surface area contributed by atoms with E-state index in [0.717, 1.165) is 29.7 Å². The van der Waals surface area contributed by atoms with Crippen LogP contribution in [0.2, 0.25) is 0 Å². The summed E-state index contributed by atoms with van der Waals surface area (Å²) in [5, 5.41) is 2.79. The first-order valence-corrected chi connectivity index (χ1v) is 10.4. The topological polar surface area (TPSA) is 96.0 Å². The minimum Gasteiger partial charge on any atom is -0.454 e. The summed E-state index contributed by atoms with van der Waals surface area (Å²) in [6.45, 7) is 2.89. The Morgan fingerprint density at radius 2 is 1.97 bits per heavy atom. The maximum absolute atomic E-state index is 12.9. The number of amides is 4. The van der Waals surface area contributed by atoms with Gasteiger partial charge in [-0.1, -0.05) is 50.1 Å². The highest BCUT2D eigenvalue weighted by Gasteiger charge is 2.55. The summed E-state index contributed by atoms with van der Waals surface area (Å²) < 4.78 is 5.07. The molecule has 1 saturated carbocycles. The van der Waals surface area contributed by atoms with E-state index in [9.17, 15) is 19.2 Å². The summed E-state index contributed by atoms with van der Waals surface area (Å²) in [7, 11) is 1.64. The van der Waals surface area contributed by atoms with E-state index in [2.05, 4.69) is 5.32 Å². The predicted octanol–water partition coefficient (Wildman–Crippen LogP) is 2.25. The summed E-state index contributed by atoms with van der Waals surface area (Å²) in [5.41, 5.74) is 0.0439. The van der Waals surface area contributed by atoms with Crippen LogP contribution in [0.1, 0.15) is 51.1 Å². The fraction of sp³-hybridized carbons (Fsp3) is 0.545. The summed E-state index contributed by atoms with van der Waals surface area (Å²) in [4.78, 5) is 52.3. The van der Waals surface area contributed by atoms with E-state index in [1.165, 1.54) is 4.90 Å². The quantitative estimate of drug-likeness (QED) is 0.568. The molecule has 162 valence electrons. The Morgan fingerprint density at radius 3 is 2.63 bits per heavy atom. The van der Waals surface area contributed by atoms with Gasteiger partial charge in [0.05, 0.1) is 6.04 Å².